The third kappa shape index (κ3) is 3.27. The van der Waals surface area contributed by atoms with Crippen molar-refractivity contribution in [2.75, 3.05) is 19.6 Å². The van der Waals surface area contributed by atoms with Gasteiger partial charge < -0.3 is 5.32 Å². The van der Waals surface area contributed by atoms with Crippen LogP contribution in [0, 0.1) is 11.8 Å². The third-order valence-electron chi connectivity index (χ3n) is 5.34. The highest BCUT2D eigenvalue weighted by molar-refractivity contribution is 4.91. The van der Waals surface area contributed by atoms with Crippen molar-refractivity contribution in [2.24, 2.45) is 11.8 Å². The van der Waals surface area contributed by atoms with Crippen molar-refractivity contribution in [2.45, 2.75) is 71.4 Å². The summed E-state index contributed by atoms with van der Waals surface area (Å²) in [6.07, 6.45) is 8.65. The van der Waals surface area contributed by atoms with E-state index in [9.17, 15) is 0 Å². The number of rotatable bonds is 6. The molecule has 2 aliphatic rings. The minimum absolute atomic E-state index is 0.694. The van der Waals surface area contributed by atoms with Gasteiger partial charge in [0.1, 0.15) is 0 Å². The van der Waals surface area contributed by atoms with Gasteiger partial charge in [-0.05, 0) is 50.6 Å². The largest absolute Gasteiger partial charge is 0.313 e. The van der Waals surface area contributed by atoms with Gasteiger partial charge in [-0.2, -0.15) is 0 Å². The summed E-state index contributed by atoms with van der Waals surface area (Å²) in [5, 5.41) is 3.72. The summed E-state index contributed by atoms with van der Waals surface area (Å²) >= 11 is 0. The number of hydrogen-bond acceptors (Lipinski definition) is 2. The van der Waals surface area contributed by atoms with E-state index < -0.39 is 0 Å². The van der Waals surface area contributed by atoms with E-state index in [-0.39, 0.29) is 0 Å². The quantitative estimate of drug-likeness (QED) is 0.780. The van der Waals surface area contributed by atoms with Gasteiger partial charge in [-0.3, -0.25) is 4.90 Å². The van der Waals surface area contributed by atoms with Crippen molar-refractivity contribution < 1.29 is 0 Å². The minimum atomic E-state index is 0.694. The summed E-state index contributed by atoms with van der Waals surface area (Å²) in [6, 6.07) is 1.61. The van der Waals surface area contributed by atoms with Crippen molar-refractivity contribution in [1.29, 1.82) is 0 Å². The lowest BCUT2D eigenvalue weighted by Crippen LogP contribution is -2.51. The van der Waals surface area contributed by atoms with Gasteiger partial charge in [0.15, 0.2) is 0 Å². The van der Waals surface area contributed by atoms with Gasteiger partial charge in [-0.15, -0.1) is 0 Å². The topological polar surface area (TPSA) is 15.3 Å². The Bertz CT molecular complexity index is 241. The molecule has 2 fully saturated rings. The molecule has 1 aliphatic heterocycles. The van der Waals surface area contributed by atoms with Gasteiger partial charge in [0.2, 0.25) is 0 Å². The number of nitrogens with one attached hydrogen (secondary N) is 1. The molecule has 0 aromatic rings. The molecule has 0 aromatic carbocycles. The van der Waals surface area contributed by atoms with Crippen molar-refractivity contribution in [1.82, 2.24) is 10.2 Å². The van der Waals surface area contributed by atoms with E-state index in [1.165, 1.54) is 51.6 Å². The first-order valence-electron chi connectivity index (χ1n) is 8.23. The second-order valence-corrected chi connectivity index (χ2v) is 6.45. The zero-order valence-electron chi connectivity index (χ0n) is 12.6. The lowest BCUT2D eigenvalue weighted by Gasteiger charge is -2.41. The van der Waals surface area contributed by atoms with Crippen LogP contribution in [0.3, 0.4) is 0 Å². The van der Waals surface area contributed by atoms with Crippen LogP contribution < -0.4 is 5.32 Å². The lowest BCUT2D eigenvalue weighted by molar-refractivity contribution is 0.0921. The van der Waals surface area contributed by atoms with E-state index in [1.807, 2.05) is 0 Å². The molecule has 1 N–H and O–H groups in total. The van der Waals surface area contributed by atoms with E-state index >= 15 is 0 Å². The molecule has 2 rings (SSSR count). The minimum Gasteiger partial charge on any atom is -0.313 e. The highest BCUT2D eigenvalue weighted by Crippen LogP contribution is 2.36. The molecule has 4 unspecified atom stereocenters. The highest BCUT2D eigenvalue weighted by Gasteiger charge is 2.35. The monoisotopic (exact) mass is 252 g/mol. The molecule has 1 saturated carbocycles. The molecular formula is C16H32N2. The Hall–Kier alpha value is -0.0800. The standard InChI is InChI=1S/C16H32N2/c1-4-13(3)15(17-5-2)12-18-11-7-9-14-8-6-10-16(14)18/h13-17H,4-12H2,1-3H3. The Labute approximate surface area is 114 Å². The van der Waals surface area contributed by atoms with Gasteiger partial charge in [-0.1, -0.05) is 33.6 Å². The van der Waals surface area contributed by atoms with Crippen LogP contribution in [0.25, 0.3) is 0 Å². The average Bonchev–Trinajstić information content (AvgIpc) is 2.86. The molecule has 2 nitrogen and oxygen atoms in total. The summed E-state index contributed by atoms with van der Waals surface area (Å²) in [7, 11) is 0. The molecule has 1 aliphatic carbocycles. The van der Waals surface area contributed by atoms with Crippen LogP contribution in [0.1, 0.15) is 59.3 Å². The predicted molar refractivity (Wildman–Crippen MR) is 78.9 cm³/mol. The van der Waals surface area contributed by atoms with Crippen LogP contribution in [-0.4, -0.2) is 36.6 Å². The number of fused-ring (bicyclic) bond motifs is 1. The van der Waals surface area contributed by atoms with Crippen LogP contribution in [0.4, 0.5) is 0 Å². The van der Waals surface area contributed by atoms with Crippen LogP contribution in [0.2, 0.25) is 0 Å². The van der Waals surface area contributed by atoms with E-state index in [2.05, 4.69) is 31.0 Å². The first-order valence-corrected chi connectivity index (χ1v) is 8.23. The maximum atomic E-state index is 3.72. The molecular weight excluding hydrogens is 220 g/mol. The summed E-state index contributed by atoms with van der Waals surface area (Å²) in [5.74, 6) is 1.82. The Morgan fingerprint density at radius 2 is 1.94 bits per heavy atom. The molecule has 106 valence electrons. The summed E-state index contributed by atoms with van der Waals surface area (Å²) in [5.41, 5.74) is 0. The van der Waals surface area contributed by atoms with Crippen LogP contribution in [-0.2, 0) is 0 Å². The van der Waals surface area contributed by atoms with Gasteiger partial charge in [-0.25, -0.2) is 0 Å². The number of nitrogens with zero attached hydrogens (tertiary/aromatic N) is 1. The zero-order chi connectivity index (χ0) is 13.0. The lowest BCUT2D eigenvalue weighted by atomic mass is 9.90. The first kappa shape index (κ1) is 14.3. The molecule has 0 bridgehead atoms. The molecule has 4 atom stereocenters. The fourth-order valence-electron chi connectivity index (χ4n) is 4.03. The Kier molecular flexibility index (Phi) is 5.50. The molecule has 0 aromatic heterocycles. The molecule has 18 heavy (non-hydrogen) atoms. The fraction of sp³-hybridized carbons (Fsp3) is 1.00. The predicted octanol–water partition coefficient (Wildman–Crippen LogP) is 3.28. The maximum absolute atomic E-state index is 3.72. The maximum Gasteiger partial charge on any atom is 0.0220 e. The third-order valence-corrected chi connectivity index (χ3v) is 5.34. The smallest absolute Gasteiger partial charge is 0.0220 e. The SMILES string of the molecule is CCNC(CN1CCCC2CCCC21)C(C)CC. The van der Waals surface area contributed by atoms with Crippen LogP contribution in [0.15, 0.2) is 0 Å². The van der Waals surface area contributed by atoms with Crippen LogP contribution >= 0.6 is 0 Å². The van der Waals surface area contributed by atoms with Gasteiger partial charge in [0.25, 0.3) is 0 Å². The van der Waals surface area contributed by atoms with E-state index in [1.54, 1.807) is 0 Å². The molecule has 0 amide bonds. The Morgan fingerprint density at radius 3 is 2.67 bits per heavy atom. The number of piperidine rings is 1. The average molecular weight is 252 g/mol. The fourth-order valence-corrected chi connectivity index (χ4v) is 4.03. The van der Waals surface area contributed by atoms with Gasteiger partial charge >= 0.3 is 0 Å². The number of likely N-dealkylation sites (tertiary alicyclic amines) is 1. The zero-order valence-corrected chi connectivity index (χ0v) is 12.6. The van der Waals surface area contributed by atoms with E-state index in [4.69, 9.17) is 0 Å². The summed E-state index contributed by atoms with van der Waals surface area (Å²) < 4.78 is 0. The molecule has 2 heteroatoms. The number of hydrogen-bond donors (Lipinski definition) is 1. The van der Waals surface area contributed by atoms with Crippen molar-refractivity contribution in [3.63, 3.8) is 0 Å². The summed E-state index contributed by atoms with van der Waals surface area (Å²) in [4.78, 5) is 2.82. The van der Waals surface area contributed by atoms with E-state index in [0.717, 1.165) is 24.4 Å². The molecule has 0 radical (unpaired) electrons. The second-order valence-electron chi connectivity index (χ2n) is 6.45. The van der Waals surface area contributed by atoms with E-state index in [0.29, 0.717) is 6.04 Å². The number of likely N-dealkylation sites (N-methyl/N-ethyl adjacent to an activating group) is 1. The van der Waals surface area contributed by atoms with Crippen molar-refractivity contribution >= 4 is 0 Å². The summed E-state index contributed by atoms with van der Waals surface area (Å²) in [6.45, 7) is 10.7. The van der Waals surface area contributed by atoms with Crippen molar-refractivity contribution in [3.05, 3.63) is 0 Å². The second kappa shape index (κ2) is 6.91. The van der Waals surface area contributed by atoms with Gasteiger partial charge in [0.05, 0.1) is 0 Å². The first-order chi connectivity index (χ1) is 8.76. The molecule has 1 saturated heterocycles. The van der Waals surface area contributed by atoms with Gasteiger partial charge in [0, 0.05) is 18.6 Å². The highest BCUT2D eigenvalue weighted by atomic mass is 15.2. The molecule has 0 spiro atoms. The Balaban J connectivity index is 1.92. The molecule has 1 heterocycles. The van der Waals surface area contributed by atoms with Crippen molar-refractivity contribution in [3.8, 4) is 0 Å². The normalized spacial score (nSPS) is 32.2. The Morgan fingerprint density at radius 1 is 1.17 bits per heavy atom. The van der Waals surface area contributed by atoms with Crippen LogP contribution in [0.5, 0.6) is 0 Å².